The summed E-state index contributed by atoms with van der Waals surface area (Å²) in [6.07, 6.45) is 0. The molecule has 0 bridgehead atoms. The summed E-state index contributed by atoms with van der Waals surface area (Å²) < 4.78 is 0. The van der Waals surface area contributed by atoms with Crippen LogP contribution in [0.1, 0.15) is 5.56 Å². The molecule has 1 heterocycles. The number of halogens is 2. The molecule has 0 aliphatic heterocycles. The second kappa shape index (κ2) is 4.78. The van der Waals surface area contributed by atoms with Crippen molar-refractivity contribution in [2.24, 2.45) is 0 Å². The molecule has 0 radical (unpaired) electrons. The molecular weight excluding hydrogens is 247 g/mol. The molecule has 0 spiro atoms. The van der Waals surface area contributed by atoms with Gasteiger partial charge in [-0.15, -0.1) is 0 Å². The highest BCUT2D eigenvalue weighted by Crippen LogP contribution is 2.21. The third kappa shape index (κ3) is 2.50. The van der Waals surface area contributed by atoms with Gasteiger partial charge in [-0.3, -0.25) is 0 Å². The monoisotopic (exact) mass is 254 g/mol. The highest BCUT2D eigenvalue weighted by molar-refractivity contribution is 6.32. The fourth-order valence-electron chi connectivity index (χ4n) is 1.32. The van der Waals surface area contributed by atoms with Crippen molar-refractivity contribution >= 4 is 23.2 Å². The molecule has 0 fully saturated rings. The van der Waals surface area contributed by atoms with Gasteiger partial charge in [-0.05, 0) is 17.2 Å². The van der Waals surface area contributed by atoms with Crippen molar-refractivity contribution in [3.8, 4) is 11.3 Å². The van der Waals surface area contributed by atoms with Crippen molar-refractivity contribution in [2.75, 3.05) is 0 Å². The Morgan fingerprint density at radius 1 is 1.06 bits per heavy atom. The molecule has 0 unspecified atom stereocenters. The third-order valence-corrected chi connectivity index (χ3v) is 2.46. The minimum Gasteiger partial charge on any atom is -0.392 e. The average Bonchev–Trinajstić information content (AvgIpc) is 2.28. The number of benzene rings is 1. The maximum atomic E-state index is 8.92. The molecule has 82 valence electrons. The normalized spacial score (nSPS) is 10.4. The van der Waals surface area contributed by atoms with Crippen LogP contribution in [0.15, 0.2) is 30.3 Å². The van der Waals surface area contributed by atoms with Crippen molar-refractivity contribution < 1.29 is 5.11 Å². The van der Waals surface area contributed by atoms with Gasteiger partial charge < -0.3 is 5.11 Å². The molecule has 16 heavy (non-hydrogen) atoms. The number of rotatable bonds is 2. The Balaban J connectivity index is 2.42. The van der Waals surface area contributed by atoms with Crippen molar-refractivity contribution in [1.29, 1.82) is 0 Å². The molecule has 1 aromatic heterocycles. The predicted octanol–water partition coefficient (Wildman–Crippen LogP) is 2.94. The van der Waals surface area contributed by atoms with Crippen molar-refractivity contribution in [2.45, 2.75) is 6.61 Å². The van der Waals surface area contributed by atoms with Crippen molar-refractivity contribution in [3.63, 3.8) is 0 Å². The highest BCUT2D eigenvalue weighted by atomic mass is 35.5. The molecule has 0 aliphatic rings. The van der Waals surface area contributed by atoms with Gasteiger partial charge in [-0.2, -0.15) is 0 Å². The minimum absolute atomic E-state index is 0.0194. The Bertz CT molecular complexity index is 480. The van der Waals surface area contributed by atoms with Crippen molar-refractivity contribution in [1.82, 2.24) is 9.97 Å². The maximum absolute atomic E-state index is 8.92. The standard InChI is InChI=1S/C11H8Cl2N2O/c12-10-5-9(14-11(13)15-10)8-3-1-7(6-16)2-4-8/h1-5,16H,6H2. The zero-order valence-electron chi connectivity index (χ0n) is 8.19. The van der Waals surface area contributed by atoms with Crippen molar-refractivity contribution in [3.05, 3.63) is 46.3 Å². The number of aliphatic hydroxyl groups is 1. The number of aliphatic hydroxyl groups excluding tert-OH is 1. The Labute approximate surface area is 103 Å². The quantitative estimate of drug-likeness (QED) is 0.662. The molecule has 2 rings (SSSR count). The first-order chi connectivity index (χ1) is 7.69. The van der Waals surface area contributed by atoms with E-state index in [-0.39, 0.29) is 11.9 Å². The summed E-state index contributed by atoms with van der Waals surface area (Å²) >= 11 is 11.5. The molecule has 0 saturated carbocycles. The molecular formula is C11H8Cl2N2O. The van der Waals surface area contributed by atoms with E-state index in [1.807, 2.05) is 24.3 Å². The first-order valence-electron chi connectivity index (χ1n) is 4.59. The molecule has 0 aliphatic carbocycles. The van der Waals surface area contributed by atoms with E-state index in [0.29, 0.717) is 10.8 Å². The predicted molar refractivity (Wildman–Crippen MR) is 63.4 cm³/mol. The van der Waals surface area contributed by atoms with Crippen LogP contribution in [0.4, 0.5) is 0 Å². The molecule has 1 aromatic carbocycles. The summed E-state index contributed by atoms with van der Waals surface area (Å²) in [5.74, 6) is 0. The van der Waals surface area contributed by atoms with E-state index in [0.717, 1.165) is 11.1 Å². The lowest BCUT2D eigenvalue weighted by Gasteiger charge is -2.02. The average molecular weight is 255 g/mol. The van der Waals surface area contributed by atoms with Gasteiger partial charge in [0.1, 0.15) is 5.15 Å². The van der Waals surface area contributed by atoms with Crippen LogP contribution in [0, 0.1) is 0 Å². The lowest BCUT2D eigenvalue weighted by atomic mass is 10.1. The summed E-state index contributed by atoms with van der Waals surface area (Å²) in [5.41, 5.74) is 2.38. The van der Waals surface area contributed by atoms with Gasteiger partial charge in [0.25, 0.3) is 0 Å². The summed E-state index contributed by atoms with van der Waals surface area (Å²) in [6.45, 7) is 0.0194. The van der Waals surface area contributed by atoms with Gasteiger partial charge in [0.05, 0.1) is 12.3 Å². The van der Waals surface area contributed by atoms with E-state index in [9.17, 15) is 0 Å². The van der Waals surface area contributed by atoms with E-state index in [1.54, 1.807) is 6.07 Å². The molecule has 5 heteroatoms. The zero-order valence-corrected chi connectivity index (χ0v) is 9.70. The van der Waals surface area contributed by atoms with Gasteiger partial charge in [-0.1, -0.05) is 35.9 Å². The molecule has 0 amide bonds. The Hall–Kier alpha value is -1.16. The fraction of sp³-hybridized carbons (Fsp3) is 0.0909. The van der Waals surface area contributed by atoms with E-state index in [1.165, 1.54) is 0 Å². The highest BCUT2D eigenvalue weighted by Gasteiger charge is 2.03. The summed E-state index contributed by atoms with van der Waals surface area (Å²) in [4.78, 5) is 7.84. The minimum atomic E-state index is 0.0194. The lowest BCUT2D eigenvalue weighted by molar-refractivity contribution is 0.282. The summed E-state index contributed by atoms with van der Waals surface area (Å²) in [5, 5.41) is 9.35. The fourth-order valence-corrected chi connectivity index (χ4v) is 1.73. The molecule has 0 saturated heterocycles. The van der Waals surface area contributed by atoms with Crippen LogP contribution in [0.25, 0.3) is 11.3 Å². The van der Waals surface area contributed by atoms with Crippen LogP contribution >= 0.6 is 23.2 Å². The Kier molecular flexibility index (Phi) is 3.39. The first kappa shape index (κ1) is 11.3. The van der Waals surface area contributed by atoms with E-state index < -0.39 is 0 Å². The summed E-state index contributed by atoms with van der Waals surface area (Å²) in [6, 6.07) is 8.97. The third-order valence-electron chi connectivity index (χ3n) is 2.10. The smallest absolute Gasteiger partial charge is 0.224 e. The van der Waals surface area contributed by atoms with Crippen LogP contribution < -0.4 is 0 Å². The molecule has 2 aromatic rings. The van der Waals surface area contributed by atoms with Gasteiger partial charge in [-0.25, -0.2) is 9.97 Å². The van der Waals surface area contributed by atoms with Gasteiger partial charge >= 0.3 is 0 Å². The van der Waals surface area contributed by atoms with Crippen LogP contribution in [0.5, 0.6) is 0 Å². The maximum Gasteiger partial charge on any atom is 0.224 e. The second-order valence-corrected chi connectivity index (χ2v) is 3.93. The molecule has 1 N–H and O–H groups in total. The first-order valence-corrected chi connectivity index (χ1v) is 5.35. The molecule has 0 atom stereocenters. The topological polar surface area (TPSA) is 46.0 Å². The van der Waals surface area contributed by atoms with Gasteiger partial charge in [0, 0.05) is 11.6 Å². The number of hydrogen-bond donors (Lipinski definition) is 1. The second-order valence-electron chi connectivity index (χ2n) is 3.20. The number of aromatic nitrogens is 2. The van der Waals surface area contributed by atoms with Crippen LogP contribution in [0.3, 0.4) is 0 Å². The van der Waals surface area contributed by atoms with E-state index >= 15 is 0 Å². The van der Waals surface area contributed by atoms with Crippen LogP contribution in [-0.2, 0) is 6.61 Å². The number of nitrogens with zero attached hydrogens (tertiary/aromatic N) is 2. The van der Waals surface area contributed by atoms with E-state index in [4.69, 9.17) is 28.3 Å². The summed E-state index contributed by atoms with van der Waals surface area (Å²) in [7, 11) is 0. The lowest BCUT2D eigenvalue weighted by Crippen LogP contribution is -1.89. The van der Waals surface area contributed by atoms with E-state index in [2.05, 4.69) is 9.97 Å². The van der Waals surface area contributed by atoms with Crippen LogP contribution in [-0.4, -0.2) is 15.1 Å². The molecule has 3 nitrogen and oxygen atoms in total. The zero-order chi connectivity index (χ0) is 11.5. The largest absolute Gasteiger partial charge is 0.392 e. The van der Waals surface area contributed by atoms with Crippen LogP contribution in [0.2, 0.25) is 10.4 Å². The van der Waals surface area contributed by atoms with Gasteiger partial charge in [0.15, 0.2) is 0 Å². The SMILES string of the molecule is OCc1ccc(-c2cc(Cl)nc(Cl)n2)cc1. The Morgan fingerprint density at radius 3 is 2.31 bits per heavy atom. The Morgan fingerprint density at radius 2 is 1.75 bits per heavy atom. The van der Waals surface area contributed by atoms with Gasteiger partial charge in [0.2, 0.25) is 5.28 Å². The number of hydrogen-bond acceptors (Lipinski definition) is 3.